The van der Waals surface area contributed by atoms with Crippen LogP contribution in [-0.4, -0.2) is 52.7 Å². The molecule has 10 heteroatoms. The summed E-state index contributed by atoms with van der Waals surface area (Å²) in [7, 11) is 2.80. The van der Waals surface area contributed by atoms with Crippen LogP contribution >= 0.6 is 0 Å². The van der Waals surface area contributed by atoms with E-state index in [0.717, 1.165) is 80.7 Å². The van der Waals surface area contributed by atoms with Crippen molar-refractivity contribution in [1.82, 2.24) is 19.9 Å². The maximum Gasteiger partial charge on any atom is 0.340 e. The van der Waals surface area contributed by atoms with E-state index in [1.165, 1.54) is 19.8 Å². The van der Waals surface area contributed by atoms with Gasteiger partial charge in [0.1, 0.15) is 0 Å². The van der Waals surface area contributed by atoms with Gasteiger partial charge >= 0.3 is 11.9 Å². The summed E-state index contributed by atoms with van der Waals surface area (Å²) in [6.07, 6.45) is 6.47. The third-order valence-electron chi connectivity index (χ3n) is 11.1. The number of aromatic amines is 2. The normalized spacial score (nSPS) is 16.2. The number of aromatic nitrogens is 5. The average molecular weight is 719 g/mol. The van der Waals surface area contributed by atoms with E-state index in [1.807, 2.05) is 38.1 Å². The molecule has 4 aromatic heterocycles. The molecule has 0 saturated carbocycles. The lowest BCUT2D eigenvalue weighted by Crippen LogP contribution is -2.32. The number of carbonyl (C=O) groups is 2. The second-order valence-electron chi connectivity index (χ2n) is 14.2. The largest absolute Gasteiger partial charge is 0.469 e. The van der Waals surface area contributed by atoms with Gasteiger partial charge in [-0.05, 0) is 93.5 Å². The summed E-state index contributed by atoms with van der Waals surface area (Å²) in [5, 5.41) is 0. The maximum absolute atomic E-state index is 13.4. The highest BCUT2D eigenvalue weighted by atomic mass is 16.5. The summed E-state index contributed by atoms with van der Waals surface area (Å²) in [6.45, 7) is 16.1. The van der Waals surface area contributed by atoms with Crippen LogP contribution in [0.1, 0.15) is 115 Å². The van der Waals surface area contributed by atoms with E-state index in [4.69, 9.17) is 24.2 Å². The van der Waals surface area contributed by atoms with Crippen molar-refractivity contribution < 1.29 is 28.4 Å². The molecular weight excluding hydrogens is 667 g/mol. The highest BCUT2D eigenvalue weighted by Crippen LogP contribution is 2.43. The van der Waals surface area contributed by atoms with Gasteiger partial charge in [-0.1, -0.05) is 19.9 Å². The molecule has 0 amide bonds. The van der Waals surface area contributed by atoms with Crippen LogP contribution in [0.25, 0.3) is 33.2 Å². The number of nitrogens with zero attached hydrogens (tertiary/aromatic N) is 3. The molecule has 0 saturated heterocycles. The lowest BCUT2D eigenvalue weighted by molar-refractivity contribution is -0.697. The summed E-state index contributed by atoms with van der Waals surface area (Å²) in [5.41, 5.74) is 13.3. The molecule has 6 rings (SSSR count). The first-order chi connectivity index (χ1) is 25.5. The van der Waals surface area contributed by atoms with Crippen LogP contribution in [0.4, 0.5) is 0 Å². The molecule has 0 radical (unpaired) electrons. The first-order valence-electron chi connectivity index (χ1n) is 18.6. The van der Waals surface area contributed by atoms with Gasteiger partial charge in [-0.2, -0.15) is 0 Å². The fourth-order valence-corrected chi connectivity index (χ4v) is 7.95. The smallest absolute Gasteiger partial charge is 0.340 e. The van der Waals surface area contributed by atoms with Gasteiger partial charge in [0, 0.05) is 75.8 Å². The molecule has 4 aromatic rings. The number of nitrogens with one attached hydrogen (secondary N) is 2. The van der Waals surface area contributed by atoms with Crippen molar-refractivity contribution in [3.05, 3.63) is 99.4 Å². The summed E-state index contributed by atoms with van der Waals surface area (Å²) < 4.78 is 19.0. The van der Waals surface area contributed by atoms with E-state index in [0.29, 0.717) is 30.0 Å². The SMILES string of the molecule is CCc1c(C)c2cc3[nH]c(cc4nc(c(C)c5nc(cc1[nH]2)C(C)=C5C(=O)OC)[C@@H](CCC(=O)OC)[C@@H]4C)c(C)c3C(C)OCCC[n+]1ccccc1. The van der Waals surface area contributed by atoms with E-state index in [-0.39, 0.29) is 30.3 Å². The Kier molecular flexibility index (Phi) is 11.3. The standard InChI is InChI=1S/C43H51N5O5/c1-10-30-24(2)32-23-37-39(29(7)53-20-14-19-48-17-12-11-13-18-48)26(4)34(45-37)21-33-25(3)31(15-16-38(49)51-8)41(46-33)28(6)42-40(43(50)52-9)27(5)35(47-42)22-36(30)44-32/h11-13,17-18,21-23,25,29,31H,10,14-16,19-20H2,1-9H3,(H-,44,45,46,47,50)/p+1/t25-,29?,31-/m0/s1. The minimum atomic E-state index is -0.445. The Balaban J connectivity index is 1.59. The number of methoxy groups -OCH3 is 2. The van der Waals surface area contributed by atoms with Gasteiger partial charge in [-0.15, -0.1) is 0 Å². The number of fused-ring (bicyclic) bond motifs is 8. The quantitative estimate of drug-likeness (QED) is 0.0911. The fraction of sp³-hybridized carbons (Fsp3) is 0.419. The molecular formula is C43H52N5O5+. The van der Waals surface area contributed by atoms with Gasteiger partial charge in [0.15, 0.2) is 18.9 Å². The number of esters is 2. The van der Waals surface area contributed by atoms with Crippen LogP contribution in [0.2, 0.25) is 0 Å². The first kappa shape index (κ1) is 37.7. The van der Waals surface area contributed by atoms with Crippen LogP contribution in [0.5, 0.6) is 0 Å². The van der Waals surface area contributed by atoms with Crippen LogP contribution in [0.3, 0.4) is 0 Å². The maximum atomic E-state index is 13.4. The highest BCUT2D eigenvalue weighted by molar-refractivity contribution is 6.25. The topological polar surface area (TPSA) is 123 Å². The van der Waals surface area contributed by atoms with E-state index >= 15 is 0 Å². The van der Waals surface area contributed by atoms with E-state index in [9.17, 15) is 9.59 Å². The van der Waals surface area contributed by atoms with Gasteiger partial charge in [-0.25, -0.2) is 14.3 Å². The summed E-state index contributed by atoms with van der Waals surface area (Å²) in [6, 6.07) is 12.5. The molecule has 2 aliphatic rings. The summed E-state index contributed by atoms with van der Waals surface area (Å²) >= 11 is 0. The molecule has 3 atom stereocenters. The predicted molar refractivity (Wildman–Crippen MR) is 207 cm³/mol. The van der Waals surface area contributed by atoms with Gasteiger partial charge < -0.3 is 24.2 Å². The van der Waals surface area contributed by atoms with Gasteiger partial charge in [0.2, 0.25) is 0 Å². The Morgan fingerprint density at radius 1 is 0.887 bits per heavy atom. The van der Waals surface area contributed by atoms with Crippen LogP contribution in [0.15, 0.2) is 48.8 Å². The third kappa shape index (κ3) is 7.42. The number of pyridine rings is 1. The van der Waals surface area contributed by atoms with E-state index < -0.39 is 5.97 Å². The highest BCUT2D eigenvalue weighted by Gasteiger charge is 2.34. The number of H-pyrrole nitrogens is 2. The third-order valence-corrected chi connectivity index (χ3v) is 11.1. The van der Waals surface area contributed by atoms with Crippen LogP contribution < -0.4 is 4.57 Å². The summed E-state index contributed by atoms with van der Waals surface area (Å²) in [5.74, 6) is -0.837. The van der Waals surface area contributed by atoms with Crippen molar-refractivity contribution in [3.8, 4) is 0 Å². The van der Waals surface area contributed by atoms with Crippen molar-refractivity contribution in [1.29, 1.82) is 0 Å². The van der Waals surface area contributed by atoms with Crippen molar-refractivity contribution in [3.63, 3.8) is 0 Å². The number of carbonyl (C=O) groups excluding carboxylic acids is 2. The molecule has 0 spiro atoms. The molecule has 278 valence electrons. The van der Waals surface area contributed by atoms with Crippen molar-refractivity contribution in [2.45, 2.75) is 98.6 Å². The Morgan fingerprint density at radius 2 is 1.60 bits per heavy atom. The second kappa shape index (κ2) is 15.9. The molecule has 2 aliphatic heterocycles. The molecule has 10 nitrogen and oxygen atoms in total. The van der Waals surface area contributed by atoms with Crippen molar-refractivity contribution >= 4 is 45.2 Å². The average Bonchev–Trinajstić information content (AvgIpc) is 3.85. The fourth-order valence-electron chi connectivity index (χ4n) is 7.95. The van der Waals surface area contributed by atoms with E-state index in [2.05, 4.69) is 73.7 Å². The number of ether oxygens (including phenoxy) is 3. The van der Waals surface area contributed by atoms with Crippen molar-refractivity contribution in [2.75, 3.05) is 20.8 Å². The number of allylic oxidation sites excluding steroid dienone is 1. The monoisotopic (exact) mass is 718 g/mol. The Labute approximate surface area is 311 Å². The molecule has 0 fully saturated rings. The van der Waals surface area contributed by atoms with Crippen LogP contribution in [-0.2, 0) is 36.8 Å². The summed E-state index contributed by atoms with van der Waals surface area (Å²) in [4.78, 5) is 43.5. The second-order valence-corrected chi connectivity index (χ2v) is 14.2. The Morgan fingerprint density at radius 3 is 2.30 bits per heavy atom. The molecule has 6 heterocycles. The van der Waals surface area contributed by atoms with Crippen molar-refractivity contribution in [2.24, 2.45) is 0 Å². The number of hydrogen-bond donors (Lipinski definition) is 2. The molecule has 1 unspecified atom stereocenters. The van der Waals surface area contributed by atoms with Gasteiger partial charge in [0.05, 0.1) is 43.9 Å². The Bertz CT molecular complexity index is 2230. The first-order valence-corrected chi connectivity index (χ1v) is 18.6. The minimum Gasteiger partial charge on any atom is -0.469 e. The lowest BCUT2D eigenvalue weighted by atomic mass is 9.85. The minimum absolute atomic E-state index is 0.0217. The molecule has 0 aliphatic carbocycles. The van der Waals surface area contributed by atoms with E-state index in [1.54, 1.807) is 0 Å². The number of aryl methyl sites for hydroxylation is 4. The van der Waals surface area contributed by atoms with Gasteiger partial charge in [0.25, 0.3) is 0 Å². The zero-order valence-corrected chi connectivity index (χ0v) is 32.5. The van der Waals surface area contributed by atoms with Gasteiger partial charge in [-0.3, -0.25) is 9.78 Å². The molecule has 0 aromatic carbocycles. The molecule has 2 N–H and O–H groups in total. The predicted octanol–water partition coefficient (Wildman–Crippen LogP) is 8.20. The zero-order valence-electron chi connectivity index (χ0n) is 32.5. The Hall–Kier alpha value is -5.09. The lowest BCUT2D eigenvalue weighted by Gasteiger charge is -2.17. The number of rotatable bonds is 11. The zero-order chi connectivity index (χ0) is 38.0. The molecule has 53 heavy (non-hydrogen) atoms. The van der Waals surface area contributed by atoms with Crippen LogP contribution in [0, 0.1) is 20.8 Å². The molecule has 8 bridgehead atoms. The number of hydrogen-bond acceptors (Lipinski definition) is 7.